The molecule has 5 heteroatoms. The van der Waals surface area contributed by atoms with Crippen molar-refractivity contribution in [2.24, 2.45) is 5.92 Å². The molecule has 0 saturated heterocycles. The zero-order chi connectivity index (χ0) is 14.7. The van der Waals surface area contributed by atoms with Crippen LogP contribution in [0.3, 0.4) is 0 Å². The minimum atomic E-state index is -0.186. The van der Waals surface area contributed by atoms with Gasteiger partial charge in [-0.2, -0.15) is 0 Å². The summed E-state index contributed by atoms with van der Waals surface area (Å²) < 4.78 is 0. The number of nitrogen functional groups attached to an aromatic ring is 1. The lowest BCUT2D eigenvalue weighted by Gasteiger charge is -2.31. The molecule has 0 aromatic heterocycles. The highest BCUT2D eigenvalue weighted by molar-refractivity contribution is 6.44. The molecule has 0 spiro atoms. The van der Waals surface area contributed by atoms with E-state index >= 15 is 0 Å². The number of amides is 1. The topological polar surface area (TPSA) is 55.1 Å². The van der Waals surface area contributed by atoms with E-state index in [9.17, 15) is 4.79 Å². The minimum Gasteiger partial charge on any atom is -0.399 e. The monoisotopic (exact) mass is 314 g/mol. The first-order chi connectivity index (χ1) is 9.52. The van der Waals surface area contributed by atoms with Crippen LogP contribution < -0.4 is 11.1 Å². The van der Waals surface area contributed by atoms with Gasteiger partial charge in [-0.25, -0.2) is 0 Å². The Hall–Kier alpha value is -0.930. The number of benzene rings is 1. The fraction of sp³-hybridized carbons (Fsp3) is 0.533. The van der Waals surface area contributed by atoms with E-state index in [-0.39, 0.29) is 17.0 Å². The molecule has 1 amide bonds. The number of carbonyl (C=O) groups excluding carboxylic acids is 1. The minimum absolute atomic E-state index is 0.186. The van der Waals surface area contributed by atoms with E-state index in [1.165, 1.54) is 12.8 Å². The first-order valence-corrected chi connectivity index (χ1v) is 7.84. The zero-order valence-electron chi connectivity index (χ0n) is 11.6. The fourth-order valence-corrected chi connectivity index (χ4v) is 3.33. The second kappa shape index (κ2) is 6.68. The van der Waals surface area contributed by atoms with Gasteiger partial charge in [-0.05, 0) is 30.9 Å². The van der Waals surface area contributed by atoms with Crippen molar-refractivity contribution in [2.45, 2.75) is 45.1 Å². The summed E-state index contributed by atoms with van der Waals surface area (Å²) >= 11 is 12.1. The van der Waals surface area contributed by atoms with Crippen molar-refractivity contribution in [3.63, 3.8) is 0 Å². The van der Waals surface area contributed by atoms with E-state index in [0.29, 0.717) is 22.2 Å². The molecule has 1 aliphatic rings. The smallest absolute Gasteiger partial charge is 0.253 e. The van der Waals surface area contributed by atoms with Crippen molar-refractivity contribution in [1.82, 2.24) is 5.32 Å². The van der Waals surface area contributed by atoms with Gasteiger partial charge in [0, 0.05) is 11.7 Å². The molecule has 1 saturated carbocycles. The Balaban J connectivity index is 2.15. The summed E-state index contributed by atoms with van der Waals surface area (Å²) in [6, 6.07) is 3.35. The van der Waals surface area contributed by atoms with Crippen LogP contribution in [0.1, 0.15) is 49.4 Å². The zero-order valence-corrected chi connectivity index (χ0v) is 13.1. The van der Waals surface area contributed by atoms with Crippen molar-refractivity contribution >= 4 is 34.8 Å². The molecule has 1 aromatic rings. The molecule has 3 nitrogen and oxygen atoms in total. The summed E-state index contributed by atoms with van der Waals surface area (Å²) in [4.78, 5) is 12.4. The molecule has 2 atom stereocenters. The van der Waals surface area contributed by atoms with Gasteiger partial charge in [0.1, 0.15) is 0 Å². The van der Waals surface area contributed by atoms with Gasteiger partial charge >= 0.3 is 0 Å². The second-order valence-corrected chi connectivity index (χ2v) is 6.18. The second-order valence-electron chi connectivity index (χ2n) is 5.40. The molecule has 3 N–H and O–H groups in total. The van der Waals surface area contributed by atoms with Crippen LogP contribution >= 0.6 is 23.2 Å². The number of hydrogen-bond donors (Lipinski definition) is 2. The predicted molar refractivity (Wildman–Crippen MR) is 84.4 cm³/mol. The third-order valence-corrected chi connectivity index (χ3v) is 4.85. The summed E-state index contributed by atoms with van der Waals surface area (Å²) in [6.45, 7) is 2.17. The van der Waals surface area contributed by atoms with E-state index in [1.807, 2.05) is 0 Å². The molecular weight excluding hydrogens is 295 g/mol. The van der Waals surface area contributed by atoms with Crippen molar-refractivity contribution in [2.75, 3.05) is 5.73 Å². The maximum atomic E-state index is 12.4. The quantitative estimate of drug-likeness (QED) is 0.818. The Morgan fingerprint density at radius 3 is 2.75 bits per heavy atom. The lowest BCUT2D eigenvalue weighted by atomic mass is 9.83. The molecule has 0 radical (unpaired) electrons. The molecule has 0 heterocycles. The van der Waals surface area contributed by atoms with Gasteiger partial charge in [-0.3, -0.25) is 4.79 Å². The lowest BCUT2D eigenvalue weighted by Crippen LogP contribution is -2.42. The van der Waals surface area contributed by atoms with E-state index in [4.69, 9.17) is 28.9 Å². The Morgan fingerprint density at radius 2 is 2.05 bits per heavy atom. The van der Waals surface area contributed by atoms with Crippen LogP contribution in [0, 0.1) is 5.92 Å². The molecule has 1 aliphatic carbocycles. The summed E-state index contributed by atoms with van der Waals surface area (Å²) in [5.74, 6) is 0.359. The van der Waals surface area contributed by atoms with E-state index in [2.05, 4.69) is 12.2 Å². The van der Waals surface area contributed by atoms with Crippen LogP contribution in [-0.2, 0) is 0 Å². The van der Waals surface area contributed by atoms with Gasteiger partial charge < -0.3 is 11.1 Å². The van der Waals surface area contributed by atoms with Crippen LogP contribution in [0.15, 0.2) is 12.1 Å². The van der Waals surface area contributed by atoms with Crippen molar-refractivity contribution in [1.29, 1.82) is 0 Å². The van der Waals surface area contributed by atoms with Gasteiger partial charge in [0.2, 0.25) is 0 Å². The number of carbonyl (C=O) groups is 1. The average molecular weight is 315 g/mol. The van der Waals surface area contributed by atoms with E-state index < -0.39 is 0 Å². The van der Waals surface area contributed by atoms with Gasteiger partial charge in [0.05, 0.1) is 15.6 Å². The summed E-state index contributed by atoms with van der Waals surface area (Å²) in [5.41, 5.74) is 6.53. The molecule has 20 heavy (non-hydrogen) atoms. The first kappa shape index (κ1) is 15.5. The van der Waals surface area contributed by atoms with Crippen LogP contribution in [0.5, 0.6) is 0 Å². The summed E-state index contributed by atoms with van der Waals surface area (Å²) in [6.07, 6.45) is 5.68. The highest BCUT2D eigenvalue weighted by Gasteiger charge is 2.26. The Labute approximate surface area is 129 Å². The largest absolute Gasteiger partial charge is 0.399 e. The molecule has 1 fully saturated rings. The standard InChI is InChI=1S/C15H20Cl2N2O/c1-2-9-5-3-4-6-13(9)19-15(20)11-7-10(18)8-12(16)14(11)17/h7-9,13H,2-6,18H2,1H3,(H,19,20). The molecule has 110 valence electrons. The van der Waals surface area contributed by atoms with Gasteiger partial charge in [0.25, 0.3) is 5.91 Å². The summed E-state index contributed by atoms with van der Waals surface area (Å²) in [5, 5.41) is 3.67. The maximum Gasteiger partial charge on any atom is 0.253 e. The Bertz CT molecular complexity index is 505. The van der Waals surface area contributed by atoms with Crippen molar-refractivity contribution in [3.8, 4) is 0 Å². The SMILES string of the molecule is CCC1CCCCC1NC(=O)c1cc(N)cc(Cl)c1Cl. The number of anilines is 1. The van der Waals surface area contributed by atoms with Crippen LogP contribution in [0.4, 0.5) is 5.69 Å². The van der Waals surface area contributed by atoms with Gasteiger partial charge in [0.15, 0.2) is 0 Å². The first-order valence-electron chi connectivity index (χ1n) is 7.08. The van der Waals surface area contributed by atoms with Crippen LogP contribution in [-0.4, -0.2) is 11.9 Å². The molecule has 0 bridgehead atoms. The highest BCUT2D eigenvalue weighted by Crippen LogP contribution is 2.30. The third-order valence-electron chi connectivity index (χ3n) is 4.05. The third kappa shape index (κ3) is 3.39. The molecule has 2 unspecified atom stereocenters. The lowest BCUT2D eigenvalue weighted by molar-refractivity contribution is 0.0905. The van der Waals surface area contributed by atoms with Crippen LogP contribution in [0.2, 0.25) is 10.0 Å². The number of nitrogens with two attached hydrogens (primary N) is 1. The number of halogens is 2. The van der Waals surface area contributed by atoms with Gasteiger partial charge in [-0.1, -0.05) is 49.4 Å². The maximum absolute atomic E-state index is 12.4. The molecular formula is C15H20Cl2N2O. The average Bonchev–Trinajstić information content (AvgIpc) is 2.43. The Morgan fingerprint density at radius 1 is 1.35 bits per heavy atom. The van der Waals surface area contributed by atoms with E-state index in [0.717, 1.165) is 19.3 Å². The molecule has 2 rings (SSSR count). The number of rotatable bonds is 3. The highest BCUT2D eigenvalue weighted by atomic mass is 35.5. The number of nitrogens with one attached hydrogen (secondary N) is 1. The van der Waals surface area contributed by atoms with Gasteiger partial charge in [-0.15, -0.1) is 0 Å². The summed E-state index contributed by atoms with van der Waals surface area (Å²) in [7, 11) is 0. The fourth-order valence-electron chi connectivity index (χ4n) is 2.91. The van der Waals surface area contributed by atoms with Crippen molar-refractivity contribution in [3.05, 3.63) is 27.7 Å². The normalized spacial score (nSPS) is 22.6. The predicted octanol–water partition coefficient (Wildman–Crippen LogP) is 4.27. The van der Waals surface area contributed by atoms with Crippen LogP contribution in [0.25, 0.3) is 0 Å². The molecule has 1 aromatic carbocycles. The Kier molecular flexibility index (Phi) is 5.17. The number of hydrogen-bond acceptors (Lipinski definition) is 2. The van der Waals surface area contributed by atoms with Crippen molar-refractivity contribution < 1.29 is 4.79 Å². The van der Waals surface area contributed by atoms with E-state index in [1.54, 1.807) is 12.1 Å². The molecule has 0 aliphatic heterocycles.